The minimum Gasteiger partial charge on any atom is -0.367 e. The quantitative estimate of drug-likeness (QED) is 0.875. The Hall–Kier alpha value is -0.380. The second-order valence-electron chi connectivity index (χ2n) is 5.80. The molecule has 0 fully saturated rings. The number of hydrogen-bond acceptors (Lipinski definition) is 2. The second-order valence-corrected chi connectivity index (χ2v) is 6.66. The zero-order chi connectivity index (χ0) is 13.8. The summed E-state index contributed by atoms with van der Waals surface area (Å²) in [5.41, 5.74) is 1.04. The van der Waals surface area contributed by atoms with Gasteiger partial charge in [-0.15, -0.1) is 0 Å². The van der Waals surface area contributed by atoms with Crippen LogP contribution < -0.4 is 5.32 Å². The average molecular weight is 314 g/mol. The Morgan fingerprint density at radius 2 is 1.83 bits per heavy atom. The summed E-state index contributed by atoms with van der Waals surface area (Å²) < 4.78 is 7.26. The van der Waals surface area contributed by atoms with Crippen LogP contribution in [0.3, 0.4) is 0 Å². The van der Waals surface area contributed by atoms with Crippen molar-refractivity contribution in [2.45, 2.75) is 52.4 Å². The van der Waals surface area contributed by atoms with E-state index in [2.05, 4.69) is 74.1 Å². The number of nitrogens with one attached hydrogen (secondary N) is 1. The largest absolute Gasteiger partial charge is 0.367 e. The van der Waals surface area contributed by atoms with E-state index in [1.807, 2.05) is 6.07 Å². The molecule has 1 unspecified atom stereocenters. The van der Waals surface area contributed by atoms with Crippen molar-refractivity contribution < 1.29 is 4.74 Å². The molecule has 1 rings (SSSR count). The molecule has 2 nitrogen and oxygen atoms in total. The molecule has 0 aliphatic heterocycles. The highest BCUT2D eigenvalue weighted by Crippen LogP contribution is 2.29. The first-order valence-electron chi connectivity index (χ1n) is 6.45. The smallest absolute Gasteiger partial charge is 0.0967 e. The molecule has 0 bridgehead atoms. The molecule has 1 atom stereocenters. The Bertz CT molecular complexity index is 371. The Morgan fingerprint density at radius 3 is 2.33 bits per heavy atom. The van der Waals surface area contributed by atoms with Gasteiger partial charge in [0.2, 0.25) is 0 Å². The predicted molar refractivity (Wildman–Crippen MR) is 80.9 cm³/mol. The lowest BCUT2D eigenvalue weighted by molar-refractivity contribution is -0.0615. The highest BCUT2D eigenvalue weighted by atomic mass is 79.9. The van der Waals surface area contributed by atoms with Crippen molar-refractivity contribution in [3.8, 4) is 0 Å². The summed E-state index contributed by atoms with van der Waals surface area (Å²) in [5.74, 6) is 0. The summed E-state index contributed by atoms with van der Waals surface area (Å²) in [6, 6.07) is 8.71. The maximum absolute atomic E-state index is 6.16. The van der Waals surface area contributed by atoms with Crippen LogP contribution in [0.4, 0.5) is 0 Å². The monoisotopic (exact) mass is 313 g/mol. The lowest BCUT2D eigenvalue weighted by Gasteiger charge is -2.29. The van der Waals surface area contributed by atoms with Gasteiger partial charge in [-0.3, -0.25) is 0 Å². The topological polar surface area (TPSA) is 21.3 Å². The van der Waals surface area contributed by atoms with Gasteiger partial charge in [-0.1, -0.05) is 48.0 Å². The molecule has 0 amide bonds. The van der Waals surface area contributed by atoms with Crippen LogP contribution >= 0.6 is 15.9 Å². The molecule has 0 heterocycles. The van der Waals surface area contributed by atoms with Crippen molar-refractivity contribution >= 4 is 15.9 Å². The van der Waals surface area contributed by atoms with Crippen molar-refractivity contribution in [1.29, 1.82) is 0 Å². The van der Waals surface area contributed by atoms with Gasteiger partial charge in [0.05, 0.1) is 11.7 Å². The van der Waals surface area contributed by atoms with Gasteiger partial charge in [-0.05, 0) is 32.4 Å². The molecule has 0 saturated carbocycles. The van der Waals surface area contributed by atoms with E-state index < -0.39 is 0 Å². The first-order valence-corrected chi connectivity index (χ1v) is 7.24. The number of ether oxygens (including phenoxy) is 1. The zero-order valence-corrected chi connectivity index (χ0v) is 13.5. The third kappa shape index (κ3) is 5.51. The van der Waals surface area contributed by atoms with Crippen LogP contribution in [0.2, 0.25) is 0 Å². The zero-order valence-electron chi connectivity index (χ0n) is 12.0. The van der Waals surface area contributed by atoms with Gasteiger partial charge in [-0.25, -0.2) is 0 Å². The third-order valence-electron chi connectivity index (χ3n) is 2.46. The standard InChI is InChI=1S/C15H24BrNO/c1-11(2)17-10-14(18-15(3,4)5)12-8-6-7-9-13(12)16/h6-9,11,14,17H,10H2,1-5H3. The van der Waals surface area contributed by atoms with E-state index in [1.165, 1.54) is 5.56 Å². The van der Waals surface area contributed by atoms with Crippen molar-refractivity contribution in [1.82, 2.24) is 5.32 Å². The summed E-state index contributed by atoms with van der Waals surface area (Å²) in [4.78, 5) is 0. The van der Waals surface area contributed by atoms with Crippen LogP contribution in [0, 0.1) is 0 Å². The van der Waals surface area contributed by atoms with E-state index in [0.29, 0.717) is 6.04 Å². The highest BCUT2D eigenvalue weighted by molar-refractivity contribution is 9.10. The minimum atomic E-state index is -0.154. The lowest BCUT2D eigenvalue weighted by Crippen LogP contribution is -2.33. The van der Waals surface area contributed by atoms with Gasteiger partial charge in [0.25, 0.3) is 0 Å². The van der Waals surface area contributed by atoms with E-state index in [9.17, 15) is 0 Å². The molecule has 0 saturated heterocycles. The molecule has 3 heteroatoms. The Labute approximate surface area is 119 Å². The molecule has 18 heavy (non-hydrogen) atoms. The van der Waals surface area contributed by atoms with Gasteiger partial charge in [0.1, 0.15) is 0 Å². The Morgan fingerprint density at radius 1 is 1.22 bits per heavy atom. The number of rotatable bonds is 5. The predicted octanol–water partition coefficient (Wildman–Crippen LogP) is 4.30. The summed E-state index contributed by atoms with van der Waals surface area (Å²) in [6.45, 7) is 11.4. The molecule has 1 aromatic rings. The molecule has 1 aromatic carbocycles. The highest BCUT2D eigenvalue weighted by Gasteiger charge is 2.22. The van der Waals surface area contributed by atoms with Crippen molar-refractivity contribution in [3.05, 3.63) is 34.3 Å². The lowest BCUT2D eigenvalue weighted by atomic mass is 10.1. The molecule has 0 aliphatic rings. The number of hydrogen-bond donors (Lipinski definition) is 1. The molecular weight excluding hydrogens is 290 g/mol. The summed E-state index contributed by atoms with van der Waals surface area (Å²) in [5, 5.41) is 3.45. The van der Waals surface area contributed by atoms with Crippen molar-refractivity contribution in [2.24, 2.45) is 0 Å². The first kappa shape index (κ1) is 15.7. The molecule has 102 valence electrons. The summed E-state index contributed by atoms with van der Waals surface area (Å²) >= 11 is 3.60. The van der Waals surface area contributed by atoms with E-state index in [-0.39, 0.29) is 11.7 Å². The van der Waals surface area contributed by atoms with E-state index in [0.717, 1.165) is 11.0 Å². The minimum absolute atomic E-state index is 0.0583. The van der Waals surface area contributed by atoms with E-state index in [4.69, 9.17) is 4.74 Å². The maximum atomic E-state index is 6.16. The Balaban J connectivity index is 2.86. The average Bonchev–Trinajstić information content (AvgIpc) is 2.23. The van der Waals surface area contributed by atoms with Gasteiger partial charge < -0.3 is 10.1 Å². The van der Waals surface area contributed by atoms with Crippen molar-refractivity contribution in [3.63, 3.8) is 0 Å². The second kappa shape index (κ2) is 6.69. The molecule has 1 N–H and O–H groups in total. The Kier molecular flexibility index (Phi) is 5.83. The molecule has 0 radical (unpaired) electrons. The van der Waals surface area contributed by atoms with Crippen LogP contribution in [0.5, 0.6) is 0 Å². The first-order chi connectivity index (χ1) is 8.29. The molecule has 0 aromatic heterocycles. The van der Waals surface area contributed by atoms with Crippen molar-refractivity contribution in [2.75, 3.05) is 6.54 Å². The van der Waals surface area contributed by atoms with Gasteiger partial charge in [-0.2, -0.15) is 0 Å². The molecule has 0 spiro atoms. The SMILES string of the molecule is CC(C)NCC(OC(C)(C)C)c1ccccc1Br. The van der Waals surface area contributed by atoms with Gasteiger partial charge in [0, 0.05) is 17.1 Å². The van der Waals surface area contributed by atoms with Crippen LogP contribution in [0.1, 0.15) is 46.3 Å². The van der Waals surface area contributed by atoms with E-state index >= 15 is 0 Å². The van der Waals surface area contributed by atoms with Gasteiger partial charge >= 0.3 is 0 Å². The van der Waals surface area contributed by atoms with Crippen LogP contribution in [-0.4, -0.2) is 18.2 Å². The maximum Gasteiger partial charge on any atom is 0.0967 e. The summed E-state index contributed by atoms with van der Waals surface area (Å²) in [7, 11) is 0. The summed E-state index contributed by atoms with van der Waals surface area (Å²) in [6.07, 6.45) is 0.0583. The fourth-order valence-corrected chi connectivity index (χ4v) is 2.26. The van der Waals surface area contributed by atoms with E-state index in [1.54, 1.807) is 0 Å². The third-order valence-corrected chi connectivity index (χ3v) is 3.18. The number of benzene rings is 1. The number of halogens is 1. The van der Waals surface area contributed by atoms with Gasteiger partial charge in [0.15, 0.2) is 0 Å². The molecule has 0 aliphatic carbocycles. The fourth-order valence-electron chi connectivity index (χ4n) is 1.72. The van der Waals surface area contributed by atoms with Crippen LogP contribution in [-0.2, 0) is 4.74 Å². The fraction of sp³-hybridized carbons (Fsp3) is 0.600. The van der Waals surface area contributed by atoms with Crippen LogP contribution in [0.15, 0.2) is 28.7 Å². The molecular formula is C15H24BrNO. The van der Waals surface area contributed by atoms with Crippen LogP contribution in [0.25, 0.3) is 0 Å². The normalized spacial score (nSPS) is 13.9.